The molecule has 10 heteroatoms. The number of carbonyl (C=O) groups is 1. The van der Waals surface area contributed by atoms with E-state index in [9.17, 15) is 14.9 Å². The Balaban J connectivity index is 1.40. The minimum absolute atomic E-state index is 0.184. The molecule has 0 saturated heterocycles. The Morgan fingerprint density at radius 2 is 2.11 bits per heavy atom. The van der Waals surface area contributed by atoms with Crippen molar-refractivity contribution >= 4 is 34.0 Å². The third kappa shape index (κ3) is 5.46. The Morgan fingerprint density at radius 1 is 1.37 bits per heavy atom. The van der Waals surface area contributed by atoms with E-state index < -0.39 is 5.63 Å². The molecule has 4 rings (SSSR count). The molecule has 0 spiro atoms. The molecule has 184 valence electrons. The van der Waals surface area contributed by atoms with E-state index in [2.05, 4.69) is 37.4 Å². The second kappa shape index (κ2) is 10.3. The number of hydrogen-bond acceptors (Lipinski definition) is 7. The highest BCUT2D eigenvalue weighted by atomic mass is 32.2. The topological polar surface area (TPSA) is 112 Å². The second-order valence-corrected chi connectivity index (χ2v) is 11.8. The number of anilines is 1. The zero-order chi connectivity index (χ0) is 25.2. The molecule has 1 aromatic carbocycles. The van der Waals surface area contributed by atoms with Crippen molar-refractivity contribution < 1.29 is 18.7 Å². The summed E-state index contributed by atoms with van der Waals surface area (Å²) < 4.78 is 11.7. The van der Waals surface area contributed by atoms with Crippen LogP contribution in [0.3, 0.4) is 0 Å². The number of aromatic nitrogens is 2. The SMILES string of the molecule is COc1ccc(-[n+]2[nH]oc(=O)c2SCCC(=O)Nc2sc3c(c2C#N)CCC(C(C)(C)C)C3)cc1. The van der Waals surface area contributed by atoms with Crippen molar-refractivity contribution in [2.75, 3.05) is 18.2 Å². The molecular weight excluding hydrogens is 484 g/mol. The van der Waals surface area contributed by atoms with Crippen molar-refractivity contribution in [1.29, 1.82) is 5.26 Å². The number of nitriles is 1. The number of carbonyl (C=O) groups excluding carboxylic acids is 1. The first kappa shape index (κ1) is 25.1. The van der Waals surface area contributed by atoms with Crippen LogP contribution in [0.15, 0.2) is 38.6 Å². The predicted molar refractivity (Wildman–Crippen MR) is 135 cm³/mol. The van der Waals surface area contributed by atoms with Crippen molar-refractivity contribution in [1.82, 2.24) is 5.27 Å². The van der Waals surface area contributed by atoms with Gasteiger partial charge >= 0.3 is 10.7 Å². The Kier molecular flexibility index (Phi) is 7.38. The first-order valence-electron chi connectivity index (χ1n) is 11.5. The van der Waals surface area contributed by atoms with Gasteiger partial charge in [0.2, 0.25) is 11.6 Å². The minimum atomic E-state index is -0.502. The van der Waals surface area contributed by atoms with Crippen LogP contribution in [0.25, 0.3) is 5.69 Å². The second-order valence-electron chi connectivity index (χ2n) is 9.59. The van der Waals surface area contributed by atoms with Crippen molar-refractivity contribution in [3.8, 4) is 17.5 Å². The highest BCUT2D eigenvalue weighted by Crippen LogP contribution is 2.44. The van der Waals surface area contributed by atoms with Crippen LogP contribution in [0, 0.1) is 22.7 Å². The quantitative estimate of drug-likeness (QED) is 0.356. The lowest BCUT2D eigenvalue weighted by Crippen LogP contribution is -2.36. The van der Waals surface area contributed by atoms with Crippen molar-refractivity contribution in [3.05, 3.63) is 50.7 Å². The van der Waals surface area contributed by atoms with Crippen LogP contribution in [0.4, 0.5) is 5.00 Å². The summed E-state index contributed by atoms with van der Waals surface area (Å²) >= 11 is 2.76. The summed E-state index contributed by atoms with van der Waals surface area (Å²) in [5.74, 6) is 1.46. The molecular formula is C25H29N4O4S2+. The van der Waals surface area contributed by atoms with E-state index in [-0.39, 0.29) is 17.7 Å². The lowest BCUT2D eigenvalue weighted by Gasteiger charge is -2.33. The Bertz CT molecular complexity index is 1310. The van der Waals surface area contributed by atoms with Gasteiger partial charge < -0.3 is 10.1 Å². The van der Waals surface area contributed by atoms with Gasteiger partial charge in [0.1, 0.15) is 16.8 Å². The zero-order valence-electron chi connectivity index (χ0n) is 20.3. The van der Waals surface area contributed by atoms with Gasteiger partial charge in [0.05, 0.1) is 12.7 Å². The fourth-order valence-electron chi connectivity index (χ4n) is 4.25. The van der Waals surface area contributed by atoms with E-state index in [0.29, 0.717) is 38.7 Å². The number of ether oxygens (including phenoxy) is 1. The summed E-state index contributed by atoms with van der Waals surface area (Å²) in [7, 11) is 1.59. The summed E-state index contributed by atoms with van der Waals surface area (Å²) in [5.41, 5.74) is 2.11. The number of thiophene rings is 1. The number of fused-ring (bicyclic) bond motifs is 1. The number of benzene rings is 1. The van der Waals surface area contributed by atoms with E-state index in [0.717, 1.165) is 24.8 Å². The number of nitrogens with one attached hydrogen (secondary N) is 2. The summed E-state index contributed by atoms with van der Waals surface area (Å²) in [6.45, 7) is 6.77. The standard InChI is InChI=1S/C25H28N4O4S2/c1-25(2,3)15-5-10-18-19(14-26)22(35-20(18)13-15)27-21(30)11-12-34-23-24(31)33-28-29(23)16-6-8-17(32-4)9-7-16/h6-9,15H,5,10-13H2,1-4H3,(H-,27,28,30,31)/p+1. The summed E-state index contributed by atoms with van der Waals surface area (Å²) in [4.78, 5) is 26.1. The van der Waals surface area contributed by atoms with Gasteiger partial charge in [-0.2, -0.15) is 5.26 Å². The van der Waals surface area contributed by atoms with Gasteiger partial charge in [0.15, 0.2) is 0 Å². The number of aromatic amines is 1. The largest absolute Gasteiger partial charge is 0.497 e. The molecule has 1 atom stereocenters. The molecule has 2 aromatic heterocycles. The Labute approximate surface area is 212 Å². The van der Waals surface area contributed by atoms with E-state index in [4.69, 9.17) is 9.26 Å². The predicted octanol–water partition coefficient (Wildman–Crippen LogP) is 4.46. The number of nitrogens with zero attached hydrogens (tertiary/aromatic N) is 2. The van der Waals surface area contributed by atoms with Crippen LogP contribution in [-0.2, 0) is 17.6 Å². The molecule has 0 fully saturated rings. The molecule has 3 aromatic rings. The minimum Gasteiger partial charge on any atom is -0.497 e. The highest BCUT2D eigenvalue weighted by molar-refractivity contribution is 7.99. The summed E-state index contributed by atoms with van der Waals surface area (Å²) in [6.07, 6.45) is 3.06. The third-order valence-electron chi connectivity index (χ3n) is 6.36. The smallest absolute Gasteiger partial charge is 0.442 e. The molecule has 1 amide bonds. The third-order valence-corrected chi connectivity index (χ3v) is 8.56. The monoisotopic (exact) mass is 513 g/mol. The average Bonchev–Trinajstić information content (AvgIpc) is 3.37. The molecule has 1 aliphatic rings. The maximum Gasteiger partial charge on any atom is 0.442 e. The molecule has 0 saturated carbocycles. The van der Waals surface area contributed by atoms with Crippen LogP contribution < -0.4 is 20.4 Å². The van der Waals surface area contributed by atoms with Crippen molar-refractivity contribution in [2.45, 2.75) is 51.5 Å². The molecule has 35 heavy (non-hydrogen) atoms. The van der Waals surface area contributed by atoms with Crippen LogP contribution in [0.1, 0.15) is 49.6 Å². The lowest BCUT2D eigenvalue weighted by molar-refractivity contribution is -0.704. The lowest BCUT2D eigenvalue weighted by atomic mass is 9.72. The molecule has 2 heterocycles. The van der Waals surface area contributed by atoms with Gasteiger partial charge in [-0.3, -0.25) is 9.32 Å². The molecule has 2 N–H and O–H groups in total. The summed E-state index contributed by atoms with van der Waals surface area (Å²) in [5, 5.41) is 16.3. The van der Waals surface area contributed by atoms with Crippen molar-refractivity contribution in [2.24, 2.45) is 11.3 Å². The number of rotatable bonds is 7. The first-order valence-corrected chi connectivity index (χ1v) is 13.3. The van der Waals surface area contributed by atoms with Gasteiger partial charge in [-0.15, -0.1) is 11.3 Å². The zero-order valence-corrected chi connectivity index (χ0v) is 21.9. The molecule has 0 aliphatic heterocycles. The van der Waals surface area contributed by atoms with E-state index in [1.54, 1.807) is 31.4 Å². The normalized spacial score (nSPS) is 15.3. The number of H-pyrrole nitrogens is 1. The van der Waals surface area contributed by atoms with E-state index in [1.165, 1.54) is 32.7 Å². The van der Waals surface area contributed by atoms with Crippen LogP contribution in [-0.4, -0.2) is 24.0 Å². The fourth-order valence-corrected chi connectivity index (χ4v) is 6.46. The van der Waals surface area contributed by atoms with Crippen molar-refractivity contribution in [3.63, 3.8) is 0 Å². The first-order chi connectivity index (χ1) is 16.7. The maximum atomic E-state index is 12.7. The van der Waals surface area contributed by atoms with Gasteiger partial charge in [0.25, 0.3) is 0 Å². The van der Waals surface area contributed by atoms with E-state index >= 15 is 0 Å². The van der Waals surface area contributed by atoms with Gasteiger partial charge in [-0.05, 0) is 70.0 Å². The molecule has 1 unspecified atom stereocenters. The van der Waals surface area contributed by atoms with Gasteiger partial charge in [-0.1, -0.05) is 20.8 Å². The Morgan fingerprint density at radius 3 is 2.77 bits per heavy atom. The molecule has 1 aliphatic carbocycles. The van der Waals surface area contributed by atoms with Crippen LogP contribution >= 0.6 is 23.1 Å². The van der Waals surface area contributed by atoms with Crippen LogP contribution in [0.2, 0.25) is 0 Å². The number of hydrogen-bond donors (Lipinski definition) is 2. The van der Waals surface area contributed by atoms with E-state index in [1.807, 2.05) is 0 Å². The molecule has 8 nitrogen and oxygen atoms in total. The Hall–Kier alpha value is -3.03. The number of amides is 1. The van der Waals surface area contributed by atoms with Gasteiger partial charge in [0, 0.05) is 29.2 Å². The number of thioether (sulfide) groups is 1. The number of methoxy groups -OCH3 is 1. The molecule has 0 radical (unpaired) electrons. The van der Waals surface area contributed by atoms with Crippen LogP contribution in [0.5, 0.6) is 5.75 Å². The molecule has 0 bridgehead atoms. The highest BCUT2D eigenvalue weighted by Gasteiger charge is 2.32. The summed E-state index contributed by atoms with van der Waals surface area (Å²) in [6, 6.07) is 9.47. The van der Waals surface area contributed by atoms with Gasteiger partial charge in [-0.25, -0.2) is 4.79 Å². The maximum absolute atomic E-state index is 12.7. The average molecular weight is 514 g/mol. The fraction of sp³-hybridized carbons (Fsp3) is 0.440.